The lowest BCUT2D eigenvalue weighted by molar-refractivity contribution is -0.125. The summed E-state index contributed by atoms with van der Waals surface area (Å²) >= 11 is 1.43. The van der Waals surface area contributed by atoms with Crippen molar-refractivity contribution in [2.45, 2.75) is 26.3 Å². The lowest BCUT2D eigenvalue weighted by atomic mass is 9.96. The van der Waals surface area contributed by atoms with Gasteiger partial charge in [-0.2, -0.15) is 0 Å². The van der Waals surface area contributed by atoms with Crippen molar-refractivity contribution in [3.63, 3.8) is 0 Å². The van der Waals surface area contributed by atoms with Crippen molar-refractivity contribution < 1.29 is 9.59 Å². The van der Waals surface area contributed by atoms with Gasteiger partial charge < -0.3 is 4.90 Å². The fourth-order valence-electron chi connectivity index (χ4n) is 3.68. The largest absolute Gasteiger partial charge is 0.338 e. The molecule has 30 heavy (non-hydrogen) atoms. The Morgan fingerprint density at radius 3 is 2.63 bits per heavy atom. The molecule has 0 aliphatic carbocycles. The number of hydrogen-bond acceptors (Lipinski definition) is 6. The standard InChI is InChI=1S/C21H23N5O3S/c1-2-26-19(28)15-6-3-4-7-16(15)22-21(26)24-23-18(27)14-9-11-25(12-10-14)20(29)17-8-5-13-30-17/h3-8,13-14H,2,9-12H2,1H3,(H,22,24)(H,23,27). The number of amides is 2. The van der Waals surface area contributed by atoms with E-state index in [0.717, 1.165) is 4.88 Å². The molecule has 0 spiro atoms. The van der Waals surface area contributed by atoms with Gasteiger partial charge in [0.1, 0.15) is 0 Å². The summed E-state index contributed by atoms with van der Waals surface area (Å²) in [5.41, 5.74) is 5.94. The Labute approximate surface area is 177 Å². The van der Waals surface area contributed by atoms with Gasteiger partial charge in [-0.25, -0.2) is 4.98 Å². The van der Waals surface area contributed by atoms with Gasteiger partial charge in [0.2, 0.25) is 11.9 Å². The number of nitrogens with one attached hydrogen (secondary N) is 2. The quantitative estimate of drug-likeness (QED) is 0.612. The summed E-state index contributed by atoms with van der Waals surface area (Å²) in [6.07, 6.45) is 1.19. The van der Waals surface area contributed by atoms with Gasteiger partial charge in [-0.3, -0.25) is 29.8 Å². The third-order valence-corrected chi connectivity index (χ3v) is 6.22. The van der Waals surface area contributed by atoms with E-state index in [4.69, 9.17) is 0 Å². The van der Waals surface area contributed by atoms with Crippen LogP contribution in [0.4, 0.5) is 5.95 Å². The Balaban J connectivity index is 1.39. The number of thiophene rings is 1. The highest BCUT2D eigenvalue weighted by Crippen LogP contribution is 2.21. The molecule has 1 aliphatic heterocycles. The van der Waals surface area contributed by atoms with Gasteiger partial charge in [-0.1, -0.05) is 18.2 Å². The minimum atomic E-state index is -0.202. The minimum absolute atomic E-state index is 0.0225. The molecule has 0 atom stereocenters. The first-order chi connectivity index (χ1) is 14.6. The number of rotatable bonds is 5. The van der Waals surface area contributed by atoms with E-state index in [1.165, 1.54) is 15.9 Å². The lowest BCUT2D eigenvalue weighted by Crippen LogP contribution is -2.44. The SMILES string of the molecule is CCn1c(NNC(=O)C2CCN(C(=O)c3cccs3)CC2)nc2ccccc2c1=O. The molecule has 1 aromatic carbocycles. The maximum atomic E-state index is 12.7. The number of nitrogens with zero attached hydrogens (tertiary/aromatic N) is 3. The average Bonchev–Trinajstić information content (AvgIpc) is 3.32. The highest BCUT2D eigenvalue weighted by atomic mass is 32.1. The molecule has 0 radical (unpaired) electrons. The molecule has 3 heterocycles. The van der Waals surface area contributed by atoms with Gasteiger partial charge >= 0.3 is 0 Å². The van der Waals surface area contributed by atoms with Crippen LogP contribution >= 0.6 is 11.3 Å². The molecule has 8 nitrogen and oxygen atoms in total. The van der Waals surface area contributed by atoms with Crippen molar-refractivity contribution in [2.24, 2.45) is 5.92 Å². The third kappa shape index (κ3) is 3.93. The summed E-state index contributed by atoms with van der Waals surface area (Å²) in [5.74, 6) is -0.0374. The van der Waals surface area contributed by atoms with Gasteiger partial charge in [0.05, 0.1) is 15.8 Å². The van der Waals surface area contributed by atoms with Gasteiger partial charge in [-0.05, 0) is 43.3 Å². The number of piperidine rings is 1. The number of hydrogen-bond donors (Lipinski definition) is 2. The summed E-state index contributed by atoms with van der Waals surface area (Å²) in [4.78, 5) is 44.7. The number of para-hydroxylation sites is 1. The van der Waals surface area contributed by atoms with Crippen molar-refractivity contribution in [3.8, 4) is 0 Å². The zero-order valence-corrected chi connectivity index (χ0v) is 17.4. The van der Waals surface area contributed by atoms with Gasteiger partial charge in [0.15, 0.2) is 0 Å². The topological polar surface area (TPSA) is 96.3 Å². The predicted octanol–water partition coefficient (Wildman–Crippen LogP) is 2.47. The molecule has 1 saturated heterocycles. The maximum Gasteiger partial charge on any atom is 0.263 e. The molecule has 2 aromatic heterocycles. The summed E-state index contributed by atoms with van der Waals surface area (Å²) in [6, 6.07) is 10.8. The second-order valence-electron chi connectivity index (χ2n) is 7.16. The van der Waals surface area contributed by atoms with E-state index in [0.29, 0.717) is 49.3 Å². The van der Waals surface area contributed by atoms with Crippen LogP contribution in [0.3, 0.4) is 0 Å². The van der Waals surface area contributed by atoms with E-state index in [2.05, 4.69) is 15.8 Å². The van der Waals surface area contributed by atoms with E-state index in [1.807, 2.05) is 30.5 Å². The molecule has 156 valence electrons. The van der Waals surface area contributed by atoms with Crippen LogP contribution in [0.1, 0.15) is 29.4 Å². The number of aromatic nitrogens is 2. The Morgan fingerprint density at radius 2 is 1.93 bits per heavy atom. The van der Waals surface area contributed by atoms with E-state index in [9.17, 15) is 14.4 Å². The van der Waals surface area contributed by atoms with Crippen LogP contribution in [0.5, 0.6) is 0 Å². The first-order valence-electron chi connectivity index (χ1n) is 9.96. The second kappa shape index (κ2) is 8.66. The zero-order valence-electron chi connectivity index (χ0n) is 16.6. The first-order valence-corrected chi connectivity index (χ1v) is 10.8. The normalized spacial score (nSPS) is 14.6. The monoisotopic (exact) mass is 425 g/mol. The lowest BCUT2D eigenvalue weighted by Gasteiger charge is -2.31. The Bertz CT molecular complexity index is 1120. The number of carbonyl (C=O) groups is 2. The van der Waals surface area contributed by atoms with E-state index < -0.39 is 0 Å². The Hall–Kier alpha value is -3.20. The van der Waals surface area contributed by atoms with Gasteiger partial charge in [0, 0.05) is 25.6 Å². The molecular weight excluding hydrogens is 402 g/mol. The number of likely N-dealkylation sites (tertiary alicyclic amines) is 1. The first kappa shape index (κ1) is 20.1. The summed E-state index contributed by atoms with van der Waals surface area (Å²) < 4.78 is 1.49. The fourth-order valence-corrected chi connectivity index (χ4v) is 4.37. The summed E-state index contributed by atoms with van der Waals surface area (Å²) in [7, 11) is 0. The van der Waals surface area contributed by atoms with E-state index >= 15 is 0 Å². The fraction of sp³-hybridized carbons (Fsp3) is 0.333. The Morgan fingerprint density at radius 1 is 1.17 bits per heavy atom. The highest BCUT2D eigenvalue weighted by molar-refractivity contribution is 7.12. The van der Waals surface area contributed by atoms with Crippen molar-refractivity contribution >= 4 is 40.0 Å². The van der Waals surface area contributed by atoms with Crippen LogP contribution < -0.4 is 16.4 Å². The molecule has 2 N–H and O–H groups in total. The Kier molecular flexibility index (Phi) is 5.80. The molecule has 9 heteroatoms. The van der Waals surface area contributed by atoms with Crippen molar-refractivity contribution in [2.75, 3.05) is 18.5 Å². The molecule has 0 saturated carbocycles. The van der Waals surface area contributed by atoms with Crippen LogP contribution in [-0.2, 0) is 11.3 Å². The highest BCUT2D eigenvalue weighted by Gasteiger charge is 2.28. The molecule has 2 amide bonds. The van der Waals surface area contributed by atoms with E-state index in [-0.39, 0.29) is 23.3 Å². The van der Waals surface area contributed by atoms with Crippen LogP contribution in [-0.4, -0.2) is 39.4 Å². The van der Waals surface area contributed by atoms with Crippen LogP contribution in [0.25, 0.3) is 10.9 Å². The van der Waals surface area contributed by atoms with Crippen molar-refractivity contribution in [1.82, 2.24) is 19.9 Å². The van der Waals surface area contributed by atoms with Crippen molar-refractivity contribution in [1.29, 1.82) is 0 Å². The van der Waals surface area contributed by atoms with Crippen LogP contribution in [0, 0.1) is 5.92 Å². The molecule has 0 unspecified atom stereocenters. The van der Waals surface area contributed by atoms with Crippen LogP contribution in [0.2, 0.25) is 0 Å². The number of carbonyl (C=O) groups excluding carboxylic acids is 2. The van der Waals surface area contributed by atoms with Gasteiger partial charge in [-0.15, -0.1) is 11.3 Å². The molecule has 3 aromatic rings. The van der Waals surface area contributed by atoms with Gasteiger partial charge in [0.25, 0.3) is 11.5 Å². The van der Waals surface area contributed by atoms with Crippen molar-refractivity contribution in [3.05, 3.63) is 57.0 Å². The number of anilines is 1. The number of hydrazine groups is 1. The minimum Gasteiger partial charge on any atom is -0.338 e. The molecule has 0 bridgehead atoms. The summed E-state index contributed by atoms with van der Waals surface area (Å²) in [6.45, 7) is 3.37. The van der Waals surface area contributed by atoms with E-state index in [1.54, 1.807) is 23.1 Å². The van der Waals surface area contributed by atoms with Crippen LogP contribution in [0.15, 0.2) is 46.6 Å². The average molecular weight is 426 g/mol. The molecule has 1 aliphatic rings. The second-order valence-corrected chi connectivity index (χ2v) is 8.11. The maximum absolute atomic E-state index is 12.7. The smallest absolute Gasteiger partial charge is 0.263 e. The number of benzene rings is 1. The molecule has 4 rings (SSSR count). The summed E-state index contributed by atoms with van der Waals surface area (Å²) in [5, 5.41) is 2.43. The molecule has 1 fully saturated rings. The zero-order chi connectivity index (χ0) is 21.1. The number of fused-ring (bicyclic) bond motifs is 1. The predicted molar refractivity (Wildman–Crippen MR) is 116 cm³/mol. The third-order valence-electron chi connectivity index (χ3n) is 5.36. The molecular formula is C21H23N5O3S.